The van der Waals surface area contributed by atoms with E-state index in [2.05, 4.69) is 58.3 Å². The molecule has 0 bridgehead atoms. The summed E-state index contributed by atoms with van der Waals surface area (Å²) in [5.41, 5.74) is 3.60. The molecule has 108 valence electrons. The monoisotopic (exact) mass is 298 g/mol. The largest absolute Gasteiger partial charge is 0.293 e. The van der Waals surface area contributed by atoms with E-state index in [-0.39, 0.29) is 0 Å². The summed E-state index contributed by atoms with van der Waals surface area (Å²) < 4.78 is 0. The van der Waals surface area contributed by atoms with Crippen LogP contribution < -0.4 is 0 Å². The molecule has 0 aliphatic heterocycles. The van der Waals surface area contributed by atoms with E-state index in [4.69, 9.17) is 0 Å². The van der Waals surface area contributed by atoms with Gasteiger partial charge in [0.2, 0.25) is 0 Å². The van der Waals surface area contributed by atoms with Crippen molar-refractivity contribution in [2.45, 2.75) is 19.5 Å². The van der Waals surface area contributed by atoms with Gasteiger partial charge in [-0.1, -0.05) is 18.2 Å². The molecule has 4 nitrogen and oxygen atoms in total. The van der Waals surface area contributed by atoms with E-state index in [1.165, 1.54) is 11.1 Å². The first kappa shape index (κ1) is 14.0. The first-order valence-corrected chi connectivity index (χ1v) is 7.80. The Labute approximate surface area is 128 Å². The van der Waals surface area contributed by atoms with E-state index in [1.807, 2.05) is 24.0 Å². The van der Waals surface area contributed by atoms with Crippen molar-refractivity contribution < 1.29 is 0 Å². The fourth-order valence-electron chi connectivity index (χ4n) is 2.31. The molecule has 0 fully saturated rings. The molecule has 0 radical (unpaired) electrons. The highest BCUT2D eigenvalue weighted by Gasteiger charge is 2.14. The van der Waals surface area contributed by atoms with Gasteiger partial charge in [-0.15, -0.1) is 11.3 Å². The van der Waals surface area contributed by atoms with Crippen LogP contribution in [-0.2, 0) is 6.54 Å². The predicted molar refractivity (Wildman–Crippen MR) is 86.0 cm³/mol. The summed E-state index contributed by atoms with van der Waals surface area (Å²) in [6.07, 6.45) is 5.63. The molecule has 1 N–H and O–H groups in total. The van der Waals surface area contributed by atoms with E-state index in [0.717, 1.165) is 17.1 Å². The predicted octanol–water partition coefficient (Wildman–Crippen LogP) is 3.73. The highest BCUT2D eigenvalue weighted by Crippen LogP contribution is 2.24. The van der Waals surface area contributed by atoms with Crippen LogP contribution in [0.4, 0.5) is 0 Å². The quantitative estimate of drug-likeness (QED) is 0.780. The van der Waals surface area contributed by atoms with Crippen LogP contribution in [0, 0.1) is 0 Å². The maximum absolute atomic E-state index is 4.40. The number of H-pyrrole nitrogens is 1. The molecular weight excluding hydrogens is 280 g/mol. The summed E-state index contributed by atoms with van der Waals surface area (Å²) in [5.74, 6) is 0. The molecule has 0 aliphatic rings. The Balaban J connectivity index is 1.74. The Bertz CT molecular complexity index is 676. The van der Waals surface area contributed by atoms with Crippen molar-refractivity contribution in [3.05, 3.63) is 58.8 Å². The van der Waals surface area contributed by atoms with Gasteiger partial charge in [-0.05, 0) is 31.2 Å². The van der Waals surface area contributed by atoms with Crippen molar-refractivity contribution in [2.75, 3.05) is 7.05 Å². The molecule has 0 saturated heterocycles. The number of nitrogens with one attached hydrogen (secondary N) is 1. The first-order valence-electron chi connectivity index (χ1n) is 6.92. The third-order valence-electron chi connectivity index (χ3n) is 3.66. The molecule has 0 saturated carbocycles. The zero-order valence-corrected chi connectivity index (χ0v) is 13.0. The highest BCUT2D eigenvalue weighted by atomic mass is 32.1. The van der Waals surface area contributed by atoms with E-state index in [9.17, 15) is 0 Å². The standard InChI is InChI=1S/C16H18N4S/c1-12(16-17-6-7-21-16)20(2)11-13-4-3-5-14(8-13)15-9-18-19-10-15/h3-10,12H,11H2,1-2H3,(H,18,19). The van der Waals surface area contributed by atoms with E-state index >= 15 is 0 Å². The number of nitrogens with zero attached hydrogens (tertiary/aromatic N) is 3. The fraction of sp³-hybridized carbons (Fsp3) is 0.250. The SMILES string of the molecule is CC(c1nccs1)N(C)Cc1cccc(-c2cn[nH]c2)c1. The van der Waals surface area contributed by atoms with Gasteiger partial charge < -0.3 is 0 Å². The minimum atomic E-state index is 0.322. The molecule has 1 aromatic carbocycles. The number of aromatic amines is 1. The van der Waals surface area contributed by atoms with Crippen molar-refractivity contribution >= 4 is 11.3 Å². The Kier molecular flexibility index (Phi) is 4.13. The van der Waals surface area contributed by atoms with Gasteiger partial charge in [0.1, 0.15) is 5.01 Å². The van der Waals surface area contributed by atoms with Crippen molar-refractivity contribution in [1.29, 1.82) is 0 Å². The molecule has 1 unspecified atom stereocenters. The van der Waals surface area contributed by atoms with Gasteiger partial charge in [-0.2, -0.15) is 5.10 Å². The minimum Gasteiger partial charge on any atom is -0.293 e. The molecule has 3 aromatic rings. The summed E-state index contributed by atoms with van der Waals surface area (Å²) in [7, 11) is 2.14. The average Bonchev–Trinajstić information content (AvgIpc) is 3.20. The number of benzene rings is 1. The second kappa shape index (κ2) is 6.20. The molecule has 5 heteroatoms. The Morgan fingerprint density at radius 3 is 2.95 bits per heavy atom. The third kappa shape index (κ3) is 3.20. The maximum Gasteiger partial charge on any atom is 0.109 e. The van der Waals surface area contributed by atoms with Gasteiger partial charge >= 0.3 is 0 Å². The van der Waals surface area contributed by atoms with E-state index in [0.29, 0.717) is 6.04 Å². The number of hydrogen-bond acceptors (Lipinski definition) is 4. The third-order valence-corrected chi connectivity index (χ3v) is 4.61. The van der Waals surface area contributed by atoms with Crippen LogP contribution >= 0.6 is 11.3 Å². The molecule has 0 aliphatic carbocycles. The average molecular weight is 298 g/mol. The maximum atomic E-state index is 4.40. The summed E-state index contributed by atoms with van der Waals surface area (Å²) in [4.78, 5) is 6.71. The van der Waals surface area contributed by atoms with E-state index < -0.39 is 0 Å². The highest BCUT2D eigenvalue weighted by molar-refractivity contribution is 7.09. The van der Waals surface area contributed by atoms with Gasteiger partial charge in [0.05, 0.1) is 12.2 Å². The lowest BCUT2D eigenvalue weighted by atomic mass is 10.1. The smallest absolute Gasteiger partial charge is 0.109 e. The second-order valence-corrected chi connectivity index (χ2v) is 6.07. The summed E-state index contributed by atoms with van der Waals surface area (Å²) in [6, 6.07) is 8.91. The molecule has 2 aromatic heterocycles. The van der Waals surface area contributed by atoms with Crippen LogP contribution in [-0.4, -0.2) is 27.1 Å². The summed E-state index contributed by atoms with van der Waals surface area (Å²) in [5, 5.41) is 10.0. The lowest BCUT2D eigenvalue weighted by Gasteiger charge is -2.23. The number of hydrogen-bond donors (Lipinski definition) is 1. The normalized spacial score (nSPS) is 12.7. The van der Waals surface area contributed by atoms with Crippen molar-refractivity contribution in [2.24, 2.45) is 0 Å². The second-order valence-electron chi connectivity index (χ2n) is 5.15. The summed E-state index contributed by atoms with van der Waals surface area (Å²) in [6.45, 7) is 3.09. The molecule has 0 spiro atoms. The van der Waals surface area contributed by atoms with Gasteiger partial charge in [-0.25, -0.2) is 4.98 Å². The van der Waals surface area contributed by atoms with Crippen LogP contribution in [0.1, 0.15) is 23.5 Å². The molecule has 1 atom stereocenters. The Morgan fingerprint density at radius 1 is 1.33 bits per heavy atom. The summed E-state index contributed by atoms with van der Waals surface area (Å²) >= 11 is 1.71. The van der Waals surface area contributed by atoms with Gasteiger partial charge in [0.25, 0.3) is 0 Å². The Morgan fingerprint density at radius 2 is 2.24 bits per heavy atom. The van der Waals surface area contributed by atoms with Gasteiger partial charge in [-0.3, -0.25) is 10.00 Å². The lowest BCUT2D eigenvalue weighted by molar-refractivity contribution is 0.252. The van der Waals surface area contributed by atoms with Crippen molar-refractivity contribution in [3.63, 3.8) is 0 Å². The van der Waals surface area contributed by atoms with Crippen LogP contribution in [0.5, 0.6) is 0 Å². The van der Waals surface area contributed by atoms with Crippen molar-refractivity contribution in [3.8, 4) is 11.1 Å². The van der Waals surface area contributed by atoms with E-state index in [1.54, 1.807) is 11.3 Å². The zero-order valence-electron chi connectivity index (χ0n) is 12.2. The van der Waals surface area contributed by atoms with Crippen molar-refractivity contribution in [1.82, 2.24) is 20.1 Å². The molecule has 2 heterocycles. The Hall–Kier alpha value is -1.98. The van der Waals surface area contributed by atoms with Crippen LogP contribution in [0.15, 0.2) is 48.2 Å². The zero-order chi connectivity index (χ0) is 14.7. The fourth-order valence-corrected chi connectivity index (χ4v) is 3.07. The van der Waals surface area contributed by atoms with Crippen LogP contribution in [0.3, 0.4) is 0 Å². The minimum absolute atomic E-state index is 0.322. The molecular formula is C16H18N4S. The molecule has 21 heavy (non-hydrogen) atoms. The lowest BCUT2D eigenvalue weighted by Crippen LogP contribution is -2.21. The number of aromatic nitrogens is 3. The first-order chi connectivity index (χ1) is 10.2. The number of rotatable bonds is 5. The molecule has 3 rings (SSSR count). The van der Waals surface area contributed by atoms with Gasteiger partial charge in [0, 0.05) is 29.9 Å². The topological polar surface area (TPSA) is 44.8 Å². The van der Waals surface area contributed by atoms with Crippen LogP contribution in [0.2, 0.25) is 0 Å². The van der Waals surface area contributed by atoms with Crippen LogP contribution in [0.25, 0.3) is 11.1 Å². The number of thiazole rings is 1. The van der Waals surface area contributed by atoms with Gasteiger partial charge in [0.15, 0.2) is 0 Å². The molecule has 0 amide bonds.